The van der Waals surface area contributed by atoms with Crippen LogP contribution in [0.1, 0.15) is 25.0 Å². The minimum atomic E-state index is 0. The number of benzene rings is 2. The molecule has 2 aromatic rings. The number of halogens is 1. The van der Waals surface area contributed by atoms with E-state index in [9.17, 15) is 0 Å². The molecule has 0 heterocycles. The van der Waals surface area contributed by atoms with Gasteiger partial charge in [0.2, 0.25) is 0 Å². The van der Waals surface area contributed by atoms with E-state index in [1.165, 1.54) is 0 Å². The van der Waals surface area contributed by atoms with E-state index in [1.807, 2.05) is 55.5 Å². The normalized spacial score (nSPS) is 11.9. The highest BCUT2D eigenvalue weighted by Gasteiger charge is 2.08. The molecular weight excluding hydrogens is 481 g/mol. The highest BCUT2D eigenvalue weighted by Crippen LogP contribution is 2.29. The summed E-state index contributed by atoms with van der Waals surface area (Å²) in [4.78, 5) is 4.65. The number of ether oxygens (including phenoxy) is 3. The quantitative estimate of drug-likeness (QED) is 0.286. The van der Waals surface area contributed by atoms with Gasteiger partial charge >= 0.3 is 0 Å². The first-order chi connectivity index (χ1) is 13.7. The van der Waals surface area contributed by atoms with Crippen LogP contribution < -0.4 is 20.1 Å². The Hall–Kier alpha value is -2.00. The van der Waals surface area contributed by atoms with E-state index in [4.69, 9.17) is 14.2 Å². The number of hydrogen-bond acceptors (Lipinski definition) is 4. The third kappa shape index (κ3) is 8.91. The Bertz CT molecular complexity index is 741. The molecule has 29 heavy (non-hydrogen) atoms. The summed E-state index contributed by atoms with van der Waals surface area (Å²) in [5, 5.41) is 6.57. The number of aliphatic imine (C=N–C) groups is 1. The van der Waals surface area contributed by atoms with Gasteiger partial charge in [-0.2, -0.15) is 0 Å². The van der Waals surface area contributed by atoms with Gasteiger partial charge in [0.1, 0.15) is 6.61 Å². The van der Waals surface area contributed by atoms with Crippen LogP contribution in [0, 0.1) is 0 Å². The van der Waals surface area contributed by atoms with Crippen molar-refractivity contribution in [2.45, 2.75) is 33.0 Å². The van der Waals surface area contributed by atoms with Crippen LogP contribution in [0.5, 0.6) is 11.5 Å². The highest BCUT2D eigenvalue weighted by atomic mass is 127. The molecule has 0 aliphatic carbocycles. The molecule has 2 rings (SSSR count). The van der Waals surface area contributed by atoms with Crippen LogP contribution in [0.2, 0.25) is 0 Å². The van der Waals surface area contributed by atoms with Gasteiger partial charge in [-0.3, -0.25) is 0 Å². The molecule has 0 fully saturated rings. The minimum absolute atomic E-state index is 0. The number of rotatable bonds is 10. The summed E-state index contributed by atoms with van der Waals surface area (Å²) in [6.07, 6.45) is 0. The van der Waals surface area contributed by atoms with E-state index in [2.05, 4.69) is 22.5 Å². The zero-order valence-electron chi connectivity index (χ0n) is 17.6. The molecule has 7 heteroatoms. The molecule has 0 amide bonds. The summed E-state index contributed by atoms with van der Waals surface area (Å²) in [5.41, 5.74) is 2.16. The molecule has 1 unspecified atom stereocenters. The topological polar surface area (TPSA) is 64.1 Å². The Balaban J connectivity index is 0.00000420. The lowest BCUT2D eigenvalue weighted by atomic mass is 10.2. The molecule has 0 aliphatic heterocycles. The van der Waals surface area contributed by atoms with E-state index < -0.39 is 0 Å². The molecule has 1 atom stereocenters. The lowest BCUT2D eigenvalue weighted by Gasteiger charge is -2.17. The smallest absolute Gasteiger partial charge is 0.191 e. The second-order valence-corrected chi connectivity index (χ2v) is 6.46. The molecule has 0 bridgehead atoms. The Kier molecular flexibility index (Phi) is 12.1. The van der Waals surface area contributed by atoms with Crippen LogP contribution in [0.3, 0.4) is 0 Å². The van der Waals surface area contributed by atoms with Crippen molar-refractivity contribution in [3.63, 3.8) is 0 Å². The molecule has 2 N–H and O–H groups in total. The van der Waals surface area contributed by atoms with Gasteiger partial charge in [0.15, 0.2) is 17.5 Å². The van der Waals surface area contributed by atoms with Crippen molar-refractivity contribution < 1.29 is 14.2 Å². The van der Waals surface area contributed by atoms with Crippen molar-refractivity contribution in [3.8, 4) is 11.5 Å². The van der Waals surface area contributed by atoms with Crippen LogP contribution >= 0.6 is 24.0 Å². The molecule has 6 nitrogen and oxygen atoms in total. The summed E-state index contributed by atoms with van der Waals surface area (Å²) in [7, 11) is 3.34. The molecule has 0 saturated heterocycles. The van der Waals surface area contributed by atoms with E-state index >= 15 is 0 Å². The zero-order chi connectivity index (χ0) is 20.2. The summed E-state index contributed by atoms with van der Waals surface area (Å²) < 4.78 is 16.6. The lowest BCUT2D eigenvalue weighted by molar-refractivity contribution is 0.179. The van der Waals surface area contributed by atoms with Crippen molar-refractivity contribution >= 4 is 29.9 Å². The van der Waals surface area contributed by atoms with Crippen LogP contribution in [-0.4, -0.2) is 39.4 Å². The Labute approximate surface area is 191 Å². The molecule has 160 valence electrons. The SMILES string of the molecule is CCNC(=NCc1ccc(OCc2ccccc2)c(OC)c1)NC(C)COC.I. The minimum Gasteiger partial charge on any atom is -0.493 e. The second kappa shape index (κ2) is 14.1. The number of nitrogens with zero attached hydrogens (tertiary/aromatic N) is 1. The average molecular weight is 513 g/mol. The van der Waals surface area contributed by atoms with Gasteiger partial charge in [-0.15, -0.1) is 24.0 Å². The van der Waals surface area contributed by atoms with Gasteiger partial charge < -0.3 is 24.8 Å². The fourth-order valence-electron chi connectivity index (χ4n) is 2.68. The summed E-state index contributed by atoms with van der Waals surface area (Å²) >= 11 is 0. The van der Waals surface area contributed by atoms with Crippen molar-refractivity contribution in [1.29, 1.82) is 0 Å². The van der Waals surface area contributed by atoms with Crippen LogP contribution in [0.25, 0.3) is 0 Å². The van der Waals surface area contributed by atoms with Gasteiger partial charge in [-0.1, -0.05) is 36.4 Å². The number of nitrogens with one attached hydrogen (secondary N) is 2. The Morgan fingerprint density at radius 2 is 1.79 bits per heavy atom. The number of guanidine groups is 1. The molecular formula is C22H32IN3O3. The Morgan fingerprint density at radius 1 is 1.03 bits per heavy atom. The van der Waals surface area contributed by atoms with E-state index in [1.54, 1.807) is 14.2 Å². The maximum Gasteiger partial charge on any atom is 0.191 e. The molecule has 0 aromatic heterocycles. The van der Waals surface area contributed by atoms with Crippen molar-refractivity contribution in [2.24, 2.45) is 4.99 Å². The van der Waals surface area contributed by atoms with Gasteiger partial charge in [-0.05, 0) is 37.1 Å². The van der Waals surface area contributed by atoms with Crippen LogP contribution in [-0.2, 0) is 17.9 Å². The first-order valence-electron chi connectivity index (χ1n) is 9.53. The third-order valence-electron chi connectivity index (χ3n) is 4.03. The molecule has 0 spiro atoms. The molecule has 2 aromatic carbocycles. The monoisotopic (exact) mass is 513 g/mol. The molecule has 0 saturated carbocycles. The number of methoxy groups -OCH3 is 2. The third-order valence-corrected chi connectivity index (χ3v) is 4.03. The first kappa shape index (κ1) is 25.0. The predicted molar refractivity (Wildman–Crippen MR) is 128 cm³/mol. The van der Waals surface area contributed by atoms with Crippen molar-refractivity contribution in [2.75, 3.05) is 27.4 Å². The highest BCUT2D eigenvalue weighted by molar-refractivity contribution is 14.0. The van der Waals surface area contributed by atoms with Crippen LogP contribution in [0.15, 0.2) is 53.5 Å². The van der Waals surface area contributed by atoms with E-state index in [0.717, 1.165) is 29.4 Å². The largest absolute Gasteiger partial charge is 0.493 e. The van der Waals surface area contributed by atoms with E-state index in [-0.39, 0.29) is 30.0 Å². The zero-order valence-corrected chi connectivity index (χ0v) is 19.9. The number of hydrogen-bond donors (Lipinski definition) is 2. The van der Waals surface area contributed by atoms with Crippen LogP contribution in [0.4, 0.5) is 0 Å². The second-order valence-electron chi connectivity index (χ2n) is 6.46. The summed E-state index contributed by atoms with van der Waals surface area (Å²) in [6.45, 7) is 6.54. The van der Waals surface area contributed by atoms with Gasteiger partial charge in [0.05, 0.1) is 20.3 Å². The maximum atomic E-state index is 5.91. The maximum absolute atomic E-state index is 5.91. The summed E-state index contributed by atoms with van der Waals surface area (Å²) in [6, 6.07) is 16.1. The lowest BCUT2D eigenvalue weighted by Crippen LogP contribution is -2.43. The molecule has 0 radical (unpaired) electrons. The van der Waals surface area contributed by atoms with Crippen molar-refractivity contribution in [1.82, 2.24) is 10.6 Å². The Morgan fingerprint density at radius 3 is 2.45 bits per heavy atom. The van der Waals surface area contributed by atoms with Crippen molar-refractivity contribution in [3.05, 3.63) is 59.7 Å². The predicted octanol–water partition coefficient (Wildman–Crippen LogP) is 3.98. The fourth-order valence-corrected chi connectivity index (χ4v) is 2.68. The molecule has 0 aliphatic rings. The first-order valence-corrected chi connectivity index (χ1v) is 9.53. The van der Waals surface area contributed by atoms with Gasteiger partial charge in [0, 0.05) is 19.7 Å². The average Bonchev–Trinajstić information content (AvgIpc) is 2.71. The fraction of sp³-hybridized carbons (Fsp3) is 0.409. The van der Waals surface area contributed by atoms with E-state index in [0.29, 0.717) is 25.5 Å². The summed E-state index contributed by atoms with van der Waals surface area (Å²) in [5.74, 6) is 2.18. The van der Waals surface area contributed by atoms with Gasteiger partial charge in [0.25, 0.3) is 0 Å². The van der Waals surface area contributed by atoms with Gasteiger partial charge in [-0.25, -0.2) is 4.99 Å². The standard InChI is InChI=1S/C22H31N3O3.HI/c1-5-23-22(25-17(2)15-26-3)24-14-19-11-12-20(21(13-19)27-4)28-16-18-9-7-6-8-10-18;/h6-13,17H,5,14-16H2,1-4H3,(H2,23,24,25);1H.